The molecule has 0 saturated carbocycles. The Hall–Kier alpha value is -2.03. The van der Waals surface area contributed by atoms with Crippen molar-refractivity contribution in [2.45, 2.75) is 44.2 Å². The molecule has 1 aromatic rings. The Labute approximate surface area is 149 Å². The Morgan fingerprint density at radius 2 is 2.20 bits per heavy atom. The highest BCUT2D eigenvalue weighted by atomic mass is 32.2. The zero-order valence-corrected chi connectivity index (χ0v) is 15.5. The number of likely N-dealkylation sites (tertiary alicyclic amines) is 1. The molecular formula is C16H23N3O5S. The predicted molar refractivity (Wildman–Crippen MR) is 92.7 cm³/mol. The van der Waals surface area contributed by atoms with Crippen molar-refractivity contribution in [3.8, 4) is 0 Å². The number of amides is 1. The standard InChI is InChI=1S/C16H23N3O5S/c1-16(2,3)24-15(20)18-8-4-5-12(10-18)11-25(23)14-7-6-13(9-17-14)19(21)22/h6-7,9,12H,4-5,8,10-11H2,1-3H3. The molecule has 0 bridgehead atoms. The number of carbonyl (C=O) groups is 1. The molecule has 2 rings (SSSR count). The van der Waals surface area contributed by atoms with Gasteiger partial charge in [-0.15, -0.1) is 0 Å². The Morgan fingerprint density at radius 1 is 1.48 bits per heavy atom. The van der Waals surface area contributed by atoms with Gasteiger partial charge >= 0.3 is 6.09 Å². The van der Waals surface area contributed by atoms with Gasteiger partial charge in [-0.05, 0) is 45.6 Å². The first-order valence-electron chi connectivity index (χ1n) is 8.12. The van der Waals surface area contributed by atoms with Gasteiger partial charge in [-0.1, -0.05) is 0 Å². The summed E-state index contributed by atoms with van der Waals surface area (Å²) in [7, 11) is -1.36. The summed E-state index contributed by atoms with van der Waals surface area (Å²) in [5.74, 6) is 0.448. The second kappa shape index (κ2) is 7.90. The smallest absolute Gasteiger partial charge is 0.410 e. The molecule has 1 aromatic heterocycles. The highest BCUT2D eigenvalue weighted by molar-refractivity contribution is 7.84. The number of rotatable bonds is 4. The van der Waals surface area contributed by atoms with Gasteiger partial charge in [-0.25, -0.2) is 9.78 Å². The number of hydrogen-bond acceptors (Lipinski definition) is 6. The summed E-state index contributed by atoms with van der Waals surface area (Å²) in [6, 6.07) is 2.72. The summed E-state index contributed by atoms with van der Waals surface area (Å²) in [5, 5.41) is 11.0. The number of ether oxygens (including phenoxy) is 1. The van der Waals surface area contributed by atoms with Crippen LogP contribution in [0.25, 0.3) is 0 Å². The summed E-state index contributed by atoms with van der Waals surface area (Å²) >= 11 is 0. The third-order valence-corrected chi connectivity index (χ3v) is 5.20. The number of hydrogen-bond donors (Lipinski definition) is 0. The third-order valence-electron chi connectivity index (χ3n) is 3.72. The molecule has 1 saturated heterocycles. The first-order chi connectivity index (χ1) is 11.7. The fourth-order valence-electron chi connectivity index (χ4n) is 2.61. The topological polar surface area (TPSA) is 103 Å². The number of nitrogens with zero attached hydrogens (tertiary/aromatic N) is 3. The van der Waals surface area contributed by atoms with Crippen LogP contribution in [-0.4, -0.2) is 49.6 Å². The van der Waals surface area contributed by atoms with Crippen LogP contribution in [0.1, 0.15) is 33.6 Å². The van der Waals surface area contributed by atoms with Gasteiger partial charge in [-0.3, -0.25) is 14.3 Å². The van der Waals surface area contributed by atoms with Gasteiger partial charge in [-0.2, -0.15) is 0 Å². The molecule has 1 aliphatic rings. The average molecular weight is 369 g/mol. The summed E-state index contributed by atoms with van der Waals surface area (Å²) in [4.78, 5) is 27.8. The summed E-state index contributed by atoms with van der Waals surface area (Å²) in [6.07, 6.45) is 2.46. The Balaban J connectivity index is 1.94. The van der Waals surface area contributed by atoms with Gasteiger partial charge in [0.1, 0.15) is 16.8 Å². The first-order valence-corrected chi connectivity index (χ1v) is 9.44. The van der Waals surface area contributed by atoms with Gasteiger partial charge in [0.2, 0.25) is 0 Å². The van der Waals surface area contributed by atoms with Crippen LogP contribution in [0.5, 0.6) is 0 Å². The molecule has 1 fully saturated rings. The fourth-order valence-corrected chi connectivity index (χ4v) is 3.87. The number of nitro groups is 1. The summed E-state index contributed by atoms with van der Waals surface area (Å²) in [6.45, 7) is 6.59. The van der Waals surface area contributed by atoms with E-state index in [-0.39, 0.29) is 17.7 Å². The molecule has 138 valence electrons. The lowest BCUT2D eigenvalue weighted by Gasteiger charge is -2.33. The lowest BCUT2D eigenvalue weighted by Crippen LogP contribution is -2.44. The molecule has 2 unspecified atom stereocenters. The molecule has 2 atom stereocenters. The minimum Gasteiger partial charge on any atom is -0.444 e. The molecule has 0 aliphatic carbocycles. The third kappa shape index (κ3) is 5.77. The minimum absolute atomic E-state index is 0.0825. The average Bonchev–Trinajstić information content (AvgIpc) is 2.53. The zero-order valence-electron chi connectivity index (χ0n) is 14.6. The minimum atomic E-state index is -1.36. The van der Waals surface area contributed by atoms with Crippen LogP contribution in [0.3, 0.4) is 0 Å². The molecular weight excluding hydrogens is 346 g/mol. The van der Waals surface area contributed by atoms with Crippen LogP contribution in [0.15, 0.2) is 23.4 Å². The number of carbonyl (C=O) groups excluding carboxylic acids is 1. The van der Waals surface area contributed by atoms with Crippen molar-refractivity contribution in [3.05, 3.63) is 28.4 Å². The quantitative estimate of drug-likeness (QED) is 0.597. The Morgan fingerprint density at radius 3 is 2.76 bits per heavy atom. The zero-order chi connectivity index (χ0) is 18.6. The van der Waals surface area contributed by atoms with E-state index in [0.29, 0.717) is 23.9 Å². The lowest BCUT2D eigenvalue weighted by atomic mass is 10.0. The molecule has 9 heteroatoms. The molecule has 0 N–H and O–H groups in total. The van der Waals surface area contributed by atoms with Gasteiger partial charge in [0.05, 0.1) is 15.7 Å². The summed E-state index contributed by atoms with van der Waals surface area (Å²) < 4.78 is 17.8. The molecule has 0 aromatic carbocycles. The molecule has 25 heavy (non-hydrogen) atoms. The Bertz CT molecular complexity index is 657. The second-order valence-electron chi connectivity index (χ2n) is 7.06. The van der Waals surface area contributed by atoms with Crippen LogP contribution < -0.4 is 0 Å². The van der Waals surface area contributed by atoms with Crippen molar-refractivity contribution < 1.29 is 18.7 Å². The highest BCUT2D eigenvalue weighted by Crippen LogP contribution is 2.22. The molecule has 0 spiro atoms. The van der Waals surface area contributed by atoms with Gasteiger partial charge in [0, 0.05) is 24.9 Å². The SMILES string of the molecule is CC(C)(C)OC(=O)N1CCCC(CS(=O)c2ccc([N+](=O)[O-])cn2)C1. The van der Waals surface area contributed by atoms with Crippen molar-refractivity contribution >= 4 is 22.6 Å². The van der Waals surface area contributed by atoms with Crippen LogP contribution >= 0.6 is 0 Å². The fraction of sp³-hybridized carbons (Fsp3) is 0.625. The van der Waals surface area contributed by atoms with E-state index in [0.717, 1.165) is 19.0 Å². The van der Waals surface area contributed by atoms with E-state index in [4.69, 9.17) is 4.74 Å². The largest absolute Gasteiger partial charge is 0.444 e. The van der Waals surface area contributed by atoms with Crippen LogP contribution in [0.2, 0.25) is 0 Å². The highest BCUT2D eigenvalue weighted by Gasteiger charge is 2.28. The van der Waals surface area contributed by atoms with Crippen LogP contribution in [0, 0.1) is 16.0 Å². The first kappa shape index (κ1) is 19.3. The summed E-state index contributed by atoms with van der Waals surface area (Å²) in [5.41, 5.74) is -0.676. The van der Waals surface area contributed by atoms with E-state index in [1.165, 1.54) is 12.1 Å². The van der Waals surface area contributed by atoms with Crippen molar-refractivity contribution in [2.75, 3.05) is 18.8 Å². The number of piperidine rings is 1. The van der Waals surface area contributed by atoms with Crippen molar-refractivity contribution in [1.29, 1.82) is 0 Å². The van der Waals surface area contributed by atoms with Crippen molar-refractivity contribution in [1.82, 2.24) is 9.88 Å². The van der Waals surface area contributed by atoms with E-state index in [1.807, 2.05) is 20.8 Å². The Kier molecular flexibility index (Phi) is 6.10. The van der Waals surface area contributed by atoms with Crippen LogP contribution in [0.4, 0.5) is 10.5 Å². The van der Waals surface area contributed by atoms with E-state index < -0.39 is 21.3 Å². The molecule has 1 aliphatic heterocycles. The molecule has 8 nitrogen and oxygen atoms in total. The lowest BCUT2D eigenvalue weighted by molar-refractivity contribution is -0.385. The van der Waals surface area contributed by atoms with Crippen molar-refractivity contribution in [2.24, 2.45) is 5.92 Å². The van der Waals surface area contributed by atoms with Gasteiger partial charge in [0.15, 0.2) is 0 Å². The predicted octanol–water partition coefficient (Wildman–Crippen LogP) is 2.74. The van der Waals surface area contributed by atoms with Crippen LogP contribution in [-0.2, 0) is 15.5 Å². The van der Waals surface area contributed by atoms with E-state index in [2.05, 4.69) is 4.98 Å². The molecule has 0 radical (unpaired) electrons. The van der Waals surface area contributed by atoms with Gasteiger partial charge < -0.3 is 9.64 Å². The second-order valence-corrected chi connectivity index (χ2v) is 8.50. The van der Waals surface area contributed by atoms with E-state index in [1.54, 1.807) is 4.90 Å². The molecule has 1 amide bonds. The number of pyridine rings is 1. The van der Waals surface area contributed by atoms with E-state index >= 15 is 0 Å². The van der Waals surface area contributed by atoms with Crippen molar-refractivity contribution in [3.63, 3.8) is 0 Å². The maximum Gasteiger partial charge on any atom is 0.410 e. The monoisotopic (exact) mass is 369 g/mol. The maximum absolute atomic E-state index is 12.4. The molecule has 2 heterocycles. The number of aromatic nitrogens is 1. The van der Waals surface area contributed by atoms with E-state index in [9.17, 15) is 19.1 Å². The normalized spacial score (nSPS) is 19.3. The van der Waals surface area contributed by atoms with Gasteiger partial charge in [0.25, 0.3) is 5.69 Å². The maximum atomic E-state index is 12.4.